The number of thiazole rings is 1. The van der Waals surface area contributed by atoms with Crippen LogP contribution in [-0.4, -0.2) is 4.98 Å². The Bertz CT molecular complexity index is 627. The van der Waals surface area contributed by atoms with E-state index in [2.05, 4.69) is 36.3 Å². The van der Waals surface area contributed by atoms with Crippen LogP contribution >= 0.6 is 11.3 Å². The van der Waals surface area contributed by atoms with Gasteiger partial charge in [0.25, 0.3) is 0 Å². The zero-order valence-electron chi connectivity index (χ0n) is 11.0. The van der Waals surface area contributed by atoms with E-state index in [0.717, 1.165) is 16.3 Å². The minimum Gasteiger partial charge on any atom is -0.468 e. The lowest BCUT2D eigenvalue weighted by Crippen LogP contribution is -2.21. The SMILES string of the molecule is CC(N[C@H](C)c1ccco1)c1nc2ccccc2s1. The molecular formula is C15H16N2OS. The molecule has 0 amide bonds. The minimum atomic E-state index is 0.178. The third-order valence-corrected chi connectivity index (χ3v) is 4.37. The summed E-state index contributed by atoms with van der Waals surface area (Å²) in [6.45, 7) is 4.24. The van der Waals surface area contributed by atoms with Gasteiger partial charge in [-0.25, -0.2) is 4.98 Å². The zero-order valence-corrected chi connectivity index (χ0v) is 11.8. The highest BCUT2D eigenvalue weighted by atomic mass is 32.1. The smallest absolute Gasteiger partial charge is 0.120 e. The molecule has 98 valence electrons. The Kier molecular flexibility index (Phi) is 3.36. The molecule has 1 N–H and O–H groups in total. The number of benzene rings is 1. The average Bonchev–Trinajstić information content (AvgIpc) is 3.07. The Hall–Kier alpha value is -1.65. The molecule has 0 saturated carbocycles. The predicted octanol–water partition coefficient (Wildman–Crippen LogP) is 4.30. The normalized spacial score (nSPS) is 14.6. The molecule has 3 rings (SSSR count). The maximum atomic E-state index is 5.41. The second-order valence-corrected chi connectivity index (χ2v) is 5.71. The first-order valence-corrected chi connectivity index (χ1v) is 7.20. The third-order valence-electron chi connectivity index (χ3n) is 3.15. The standard InChI is InChI=1S/C15H16N2OS/c1-10(13-7-5-9-18-13)16-11(2)15-17-12-6-3-4-8-14(12)19-15/h3-11,16H,1-2H3/t10-,11?/m1/s1. The fraction of sp³-hybridized carbons (Fsp3) is 0.267. The monoisotopic (exact) mass is 272 g/mol. The van der Waals surface area contributed by atoms with Crippen molar-refractivity contribution in [3.05, 3.63) is 53.4 Å². The van der Waals surface area contributed by atoms with E-state index in [1.807, 2.05) is 24.3 Å². The van der Waals surface area contributed by atoms with Crippen molar-refractivity contribution >= 4 is 21.6 Å². The summed E-state index contributed by atoms with van der Waals surface area (Å²) < 4.78 is 6.64. The van der Waals surface area contributed by atoms with Crippen LogP contribution in [-0.2, 0) is 0 Å². The molecule has 1 aromatic carbocycles. The van der Waals surface area contributed by atoms with Crippen LogP contribution in [0.3, 0.4) is 0 Å². The summed E-state index contributed by atoms with van der Waals surface area (Å²) in [5, 5.41) is 4.62. The third kappa shape index (κ3) is 2.55. The molecule has 0 saturated heterocycles. The van der Waals surface area contributed by atoms with Gasteiger partial charge in [-0.15, -0.1) is 11.3 Å². The van der Waals surface area contributed by atoms with Gasteiger partial charge in [0.15, 0.2) is 0 Å². The van der Waals surface area contributed by atoms with Crippen LogP contribution < -0.4 is 5.32 Å². The number of nitrogens with zero attached hydrogens (tertiary/aromatic N) is 1. The Morgan fingerprint density at radius 1 is 1.11 bits per heavy atom. The van der Waals surface area contributed by atoms with Crippen molar-refractivity contribution in [2.24, 2.45) is 0 Å². The Morgan fingerprint density at radius 2 is 1.95 bits per heavy atom. The molecule has 4 heteroatoms. The van der Waals surface area contributed by atoms with E-state index < -0.39 is 0 Å². The highest BCUT2D eigenvalue weighted by Gasteiger charge is 2.16. The van der Waals surface area contributed by atoms with Crippen molar-refractivity contribution in [3.63, 3.8) is 0 Å². The van der Waals surface area contributed by atoms with Gasteiger partial charge in [-0.05, 0) is 38.1 Å². The van der Waals surface area contributed by atoms with E-state index in [1.54, 1.807) is 17.6 Å². The van der Waals surface area contributed by atoms with E-state index >= 15 is 0 Å². The molecule has 2 heterocycles. The van der Waals surface area contributed by atoms with Crippen LogP contribution in [0.5, 0.6) is 0 Å². The lowest BCUT2D eigenvalue weighted by molar-refractivity contribution is 0.402. The molecule has 0 spiro atoms. The molecule has 2 aromatic heterocycles. The fourth-order valence-corrected chi connectivity index (χ4v) is 3.12. The molecule has 0 radical (unpaired) electrons. The van der Waals surface area contributed by atoms with Crippen molar-refractivity contribution in [2.75, 3.05) is 0 Å². The van der Waals surface area contributed by atoms with Crippen LogP contribution in [0.4, 0.5) is 0 Å². The van der Waals surface area contributed by atoms with Crippen LogP contribution in [0.1, 0.15) is 36.7 Å². The van der Waals surface area contributed by atoms with E-state index in [0.29, 0.717) is 0 Å². The Labute approximate surface area is 116 Å². The van der Waals surface area contributed by atoms with Crippen molar-refractivity contribution in [3.8, 4) is 0 Å². The topological polar surface area (TPSA) is 38.1 Å². The van der Waals surface area contributed by atoms with Crippen LogP contribution in [0.15, 0.2) is 47.1 Å². The summed E-state index contributed by atoms with van der Waals surface area (Å²) in [7, 11) is 0. The average molecular weight is 272 g/mol. The Morgan fingerprint density at radius 3 is 2.68 bits per heavy atom. The number of aromatic nitrogens is 1. The van der Waals surface area contributed by atoms with Crippen molar-refractivity contribution in [1.82, 2.24) is 10.3 Å². The number of furan rings is 1. The number of fused-ring (bicyclic) bond motifs is 1. The van der Waals surface area contributed by atoms with Gasteiger partial charge in [0.05, 0.1) is 28.6 Å². The van der Waals surface area contributed by atoms with E-state index in [-0.39, 0.29) is 12.1 Å². The molecule has 0 aliphatic heterocycles. The first-order chi connectivity index (χ1) is 9.24. The van der Waals surface area contributed by atoms with Gasteiger partial charge >= 0.3 is 0 Å². The van der Waals surface area contributed by atoms with Gasteiger partial charge in [0.1, 0.15) is 10.8 Å². The minimum absolute atomic E-state index is 0.178. The van der Waals surface area contributed by atoms with Gasteiger partial charge in [0, 0.05) is 0 Å². The first-order valence-electron chi connectivity index (χ1n) is 6.39. The molecule has 0 aliphatic carbocycles. The second kappa shape index (κ2) is 5.15. The molecule has 0 bridgehead atoms. The summed E-state index contributed by atoms with van der Waals surface area (Å²) in [5.41, 5.74) is 1.07. The predicted molar refractivity (Wildman–Crippen MR) is 78.3 cm³/mol. The molecule has 0 aliphatic rings. The van der Waals surface area contributed by atoms with Crippen LogP contribution in [0.2, 0.25) is 0 Å². The number of para-hydroxylation sites is 1. The second-order valence-electron chi connectivity index (χ2n) is 4.65. The largest absolute Gasteiger partial charge is 0.468 e. The maximum Gasteiger partial charge on any atom is 0.120 e. The summed E-state index contributed by atoms with van der Waals surface area (Å²) in [6.07, 6.45) is 1.70. The quantitative estimate of drug-likeness (QED) is 0.769. The lowest BCUT2D eigenvalue weighted by atomic mass is 10.2. The first kappa shape index (κ1) is 12.4. The number of rotatable bonds is 4. The number of hydrogen-bond acceptors (Lipinski definition) is 4. The van der Waals surface area contributed by atoms with Crippen molar-refractivity contribution < 1.29 is 4.42 Å². The fourth-order valence-electron chi connectivity index (χ4n) is 2.14. The summed E-state index contributed by atoms with van der Waals surface area (Å²) in [5.74, 6) is 0.952. The lowest BCUT2D eigenvalue weighted by Gasteiger charge is -2.16. The Balaban J connectivity index is 1.78. The van der Waals surface area contributed by atoms with Gasteiger partial charge in [0.2, 0.25) is 0 Å². The maximum absolute atomic E-state index is 5.41. The van der Waals surface area contributed by atoms with E-state index in [1.165, 1.54) is 4.70 Å². The van der Waals surface area contributed by atoms with Crippen molar-refractivity contribution in [1.29, 1.82) is 0 Å². The molecule has 3 aromatic rings. The highest BCUT2D eigenvalue weighted by molar-refractivity contribution is 7.18. The molecule has 1 unspecified atom stereocenters. The molecule has 0 fully saturated rings. The summed E-state index contributed by atoms with van der Waals surface area (Å²) >= 11 is 1.74. The van der Waals surface area contributed by atoms with Crippen LogP contribution in [0, 0.1) is 0 Å². The molecule has 3 nitrogen and oxygen atoms in total. The van der Waals surface area contributed by atoms with E-state index in [4.69, 9.17) is 4.42 Å². The van der Waals surface area contributed by atoms with Crippen LogP contribution in [0.25, 0.3) is 10.2 Å². The molecule has 19 heavy (non-hydrogen) atoms. The highest BCUT2D eigenvalue weighted by Crippen LogP contribution is 2.27. The summed E-state index contributed by atoms with van der Waals surface area (Å²) in [4.78, 5) is 4.67. The number of hydrogen-bond donors (Lipinski definition) is 1. The summed E-state index contributed by atoms with van der Waals surface area (Å²) in [6, 6.07) is 12.5. The van der Waals surface area contributed by atoms with Gasteiger partial charge in [-0.1, -0.05) is 12.1 Å². The number of nitrogens with one attached hydrogen (secondary N) is 1. The zero-order chi connectivity index (χ0) is 13.2. The van der Waals surface area contributed by atoms with Gasteiger partial charge < -0.3 is 4.42 Å². The molecular weight excluding hydrogens is 256 g/mol. The van der Waals surface area contributed by atoms with E-state index in [9.17, 15) is 0 Å². The van der Waals surface area contributed by atoms with Crippen molar-refractivity contribution in [2.45, 2.75) is 25.9 Å². The van der Waals surface area contributed by atoms with Gasteiger partial charge in [-0.2, -0.15) is 0 Å². The molecule has 2 atom stereocenters. The van der Waals surface area contributed by atoms with Gasteiger partial charge in [-0.3, -0.25) is 5.32 Å².